The van der Waals surface area contributed by atoms with Crippen molar-refractivity contribution >= 4 is 23.8 Å². The van der Waals surface area contributed by atoms with E-state index in [1.165, 1.54) is 0 Å². The van der Waals surface area contributed by atoms with Gasteiger partial charge >= 0.3 is 11.9 Å². The van der Waals surface area contributed by atoms with E-state index in [1.807, 2.05) is 30.3 Å². The number of nitrogens with one attached hydrogen (secondary N) is 1. The summed E-state index contributed by atoms with van der Waals surface area (Å²) in [6.45, 7) is 3.35. The van der Waals surface area contributed by atoms with Crippen molar-refractivity contribution in [1.29, 1.82) is 0 Å². The number of esters is 2. The maximum Gasteiger partial charge on any atom is 0.312 e. The summed E-state index contributed by atoms with van der Waals surface area (Å²) in [5.74, 6) is -4.39. The fourth-order valence-corrected chi connectivity index (χ4v) is 3.03. The maximum atomic E-state index is 12.7. The second-order valence-corrected chi connectivity index (χ2v) is 6.66. The van der Waals surface area contributed by atoms with E-state index in [9.17, 15) is 19.2 Å². The van der Waals surface area contributed by atoms with E-state index in [0.29, 0.717) is 0 Å². The van der Waals surface area contributed by atoms with Crippen molar-refractivity contribution in [2.75, 3.05) is 13.2 Å². The molecule has 2 amide bonds. The highest BCUT2D eigenvalue weighted by atomic mass is 16.5. The first-order valence-electron chi connectivity index (χ1n) is 9.95. The molecule has 0 saturated carbocycles. The van der Waals surface area contributed by atoms with E-state index in [0.717, 1.165) is 11.1 Å². The second kappa shape index (κ2) is 11.5. The smallest absolute Gasteiger partial charge is 0.312 e. The molecular formula is C23H26N2O6. The van der Waals surface area contributed by atoms with Crippen LogP contribution in [0.5, 0.6) is 0 Å². The number of amides is 2. The molecule has 2 aromatic carbocycles. The van der Waals surface area contributed by atoms with Crippen LogP contribution in [-0.4, -0.2) is 43.0 Å². The molecule has 164 valence electrons. The van der Waals surface area contributed by atoms with Gasteiger partial charge in [-0.2, -0.15) is 0 Å². The first-order chi connectivity index (χ1) is 14.9. The van der Waals surface area contributed by atoms with Crippen molar-refractivity contribution in [3.8, 4) is 11.1 Å². The zero-order valence-electron chi connectivity index (χ0n) is 17.5. The zero-order valence-corrected chi connectivity index (χ0v) is 17.5. The Balaban J connectivity index is 2.20. The van der Waals surface area contributed by atoms with Gasteiger partial charge in [0.05, 0.1) is 25.6 Å². The van der Waals surface area contributed by atoms with Crippen molar-refractivity contribution in [3.63, 3.8) is 0 Å². The van der Waals surface area contributed by atoms with Crippen LogP contribution in [0, 0.1) is 5.92 Å². The molecule has 31 heavy (non-hydrogen) atoms. The zero-order chi connectivity index (χ0) is 22.8. The third-order valence-corrected chi connectivity index (χ3v) is 4.53. The normalized spacial score (nSPS) is 12.3. The fourth-order valence-electron chi connectivity index (χ4n) is 3.03. The number of hydrogen-bond donors (Lipinski definition) is 2. The van der Waals surface area contributed by atoms with E-state index in [2.05, 4.69) is 5.32 Å². The number of hydrogen-bond acceptors (Lipinski definition) is 6. The standard InChI is InChI=1S/C23H26N2O6/c1-3-30-19(26)14-18(23(29)31-4-2)20(21(24)27)25-22(28)17-12-10-16(11-13-17)15-8-6-5-7-9-15/h5-13,18,20H,3-4,14H2,1-2H3,(H2,24,27)(H,25,28)/t18-,20-/m1/s1. The number of rotatable bonds is 10. The summed E-state index contributed by atoms with van der Waals surface area (Å²) in [5, 5.41) is 2.46. The fraction of sp³-hybridized carbons (Fsp3) is 0.304. The van der Waals surface area contributed by atoms with Gasteiger partial charge in [-0.1, -0.05) is 42.5 Å². The largest absolute Gasteiger partial charge is 0.466 e. The molecule has 0 aromatic heterocycles. The molecule has 0 aliphatic rings. The maximum absolute atomic E-state index is 12.7. The highest BCUT2D eigenvalue weighted by molar-refractivity contribution is 5.99. The van der Waals surface area contributed by atoms with Gasteiger partial charge in [0.25, 0.3) is 5.91 Å². The molecule has 0 radical (unpaired) electrons. The number of carbonyl (C=O) groups excluding carboxylic acids is 4. The molecule has 0 aliphatic heterocycles. The van der Waals surface area contributed by atoms with Crippen LogP contribution in [0.2, 0.25) is 0 Å². The predicted octanol–water partition coefficient (Wildman–Crippen LogP) is 2.07. The van der Waals surface area contributed by atoms with Gasteiger partial charge in [0.2, 0.25) is 5.91 Å². The molecule has 0 bridgehead atoms. The van der Waals surface area contributed by atoms with E-state index in [4.69, 9.17) is 15.2 Å². The van der Waals surface area contributed by atoms with Gasteiger partial charge in [-0.15, -0.1) is 0 Å². The Bertz CT molecular complexity index is 911. The lowest BCUT2D eigenvalue weighted by atomic mass is 9.94. The van der Waals surface area contributed by atoms with Gasteiger partial charge in [0.15, 0.2) is 0 Å². The Morgan fingerprint density at radius 3 is 2.00 bits per heavy atom. The topological polar surface area (TPSA) is 125 Å². The molecule has 0 saturated heterocycles. The Labute approximate surface area is 180 Å². The Kier molecular flexibility index (Phi) is 8.75. The quantitative estimate of drug-likeness (QED) is 0.561. The summed E-state index contributed by atoms with van der Waals surface area (Å²) < 4.78 is 9.82. The van der Waals surface area contributed by atoms with Crippen molar-refractivity contribution in [2.24, 2.45) is 11.7 Å². The molecule has 3 N–H and O–H groups in total. The SMILES string of the molecule is CCOC(=O)C[C@@H](C(=O)OCC)[C@@H](NC(=O)c1ccc(-c2ccccc2)cc1)C(N)=O. The molecular weight excluding hydrogens is 400 g/mol. The van der Waals surface area contributed by atoms with Gasteiger partial charge < -0.3 is 20.5 Å². The lowest BCUT2D eigenvalue weighted by Gasteiger charge is -2.23. The molecule has 0 aliphatic carbocycles. The number of nitrogens with two attached hydrogens (primary N) is 1. The molecule has 2 atom stereocenters. The Morgan fingerprint density at radius 1 is 0.871 bits per heavy atom. The van der Waals surface area contributed by atoms with Crippen molar-refractivity contribution in [2.45, 2.75) is 26.3 Å². The second-order valence-electron chi connectivity index (χ2n) is 6.66. The summed E-state index contributed by atoms with van der Waals surface area (Å²) in [4.78, 5) is 49.0. The van der Waals surface area contributed by atoms with Crippen LogP contribution in [0.25, 0.3) is 11.1 Å². The number of benzene rings is 2. The highest BCUT2D eigenvalue weighted by Gasteiger charge is 2.37. The van der Waals surface area contributed by atoms with Gasteiger partial charge in [0.1, 0.15) is 6.04 Å². The van der Waals surface area contributed by atoms with E-state index >= 15 is 0 Å². The van der Waals surface area contributed by atoms with E-state index in [-0.39, 0.29) is 18.8 Å². The minimum atomic E-state index is -1.44. The first kappa shape index (κ1) is 23.6. The molecule has 0 spiro atoms. The molecule has 2 aromatic rings. The van der Waals surface area contributed by atoms with E-state index in [1.54, 1.807) is 38.1 Å². The summed E-state index contributed by atoms with van der Waals surface area (Å²) in [6, 6.07) is 14.9. The van der Waals surface area contributed by atoms with Crippen LogP contribution in [0.3, 0.4) is 0 Å². The minimum absolute atomic E-state index is 0.0402. The molecule has 0 heterocycles. The van der Waals surface area contributed by atoms with Crippen LogP contribution >= 0.6 is 0 Å². The predicted molar refractivity (Wildman–Crippen MR) is 114 cm³/mol. The van der Waals surface area contributed by atoms with Crippen LogP contribution in [0.1, 0.15) is 30.6 Å². The third-order valence-electron chi connectivity index (χ3n) is 4.53. The summed E-state index contributed by atoms with van der Waals surface area (Å²) in [5.41, 5.74) is 7.60. The van der Waals surface area contributed by atoms with Gasteiger partial charge in [0, 0.05) is 5.56 Å². The molecule has 2 rings (SSSR count). The first-order valence-corrected chi connectivity index (χ1v) is 9.95. The minimum Gasteiger partial charge on any atom is -0.466 e. The lowest BCUT2D eigenvalue weighted by molar-refractivity contribution is -0.156. The Morgan fingerprint density at radius 2 is 1.45 bits per heavy atom. The van der Waals surface area contributed by atoms with Crippen LogP contribution in [0.4, 0.5) is 0 Å². The summed E-state index contributed by atoms with van der Waals surface area (Å²) in [7, 11) is 0. The average Bonchev–Trinajstić information content (AvgIpc) is 2.77. The average molecular weight is 426 g/mol. The van der Waals surface area contributed by atoms with Crippen LogP contribution < -0.4 is 11.1 Å². The van der Waals surface area contributed by atoms with Crippen molar-refractivity contribution in [1.82, 2.24) is 5.32 Å². The summed E-state index contributed by atoms with van der Waals surface area (Å²) in [6.07, 6.45) is -0.451. The van der Waals surface area contributed by atoms with E-state index < -0.39 is 42.1 Å². The molecule has 8 nitrogen and oxygen atoms in total. The monoisotopic (exact) mass is 426 g/mol. The van der Waals surface area contributed by atoms with Crippen molar-refractivity contribution < 1.29 is 28.7 Å². The number of carbonyl (C=O) groups is 4. The number of primary amides is 1. The van der Waals surface area contributed by atoms with Crippen LogP contribution in [0.15, 0.2) is 54.6 Å². The Hall–Kier alpha value is -3.68. The lowest BCUT2D eigenvalue weighted by Crippen LogP contribution is -2.52. The number of ether oxygens (including phenoxy) is 2. The van der Waals surface area contributed by atoms with Gasteiger partial charge in [-0.05, 0) is 37.1 Å². The van der Waals surface area contributed by atoms with Gasteiger partial charge in [-0.3, -0.25) is 19.2 Å². The molecule has 8 heteroatoms. The van der Waals surface area contributed by atoms with Gasteiger partial charge in [-0.25, -0.2) is 0 Å². The third kappa shape index (κ3) is 6.67. The van der Waals surface area contributed by atoms with Crippen molar-refractivity contribution in [3.05, 3.63) is 60.2 Å². The molecule has 0 unspecified atom stereocenters. The summed E-state index contributed by atoms with van der Waals surface area (Å²) >= 11 is 0. The van der Waals surface area contributed by atoms with Crippen LogP contribution in [-0.2, 0) is 23.9 Å². The highest BCUT2D eigenvalue weighted by Crippen LogP contribution is 2.20. The molecule has 0 fully saturated rings.